The smallest absolute Gasteiger partial charge is 0.185 e. The van der Waals surface area contributed by atoms with Crippen LogP contribution in [0.5, 0.6) is 0 Å². The number of carbonyl (C=O) groups excluding carboxylic acids is 2. The molecule has 2 aromatic heterocycles. The number of rotatable bonds is 4. The number of nitrogens with zero attached hydrogens (tertiary/aromatic N) is 4. The SMILES string of the molecule is CC(C)(C)C1=CC2(C=C(C(C)(C)C)C1=O)c1cc3c(cc1-c1nc(-c4ccccc4)c(-c4ccccc4)n12)C1(C=C(C(C)(C)C)C(=O)C(C(C)(C)C)=C1)n1c-3nc(-c2ccccc2)c1-c1ccccc1. The first-order chi connectivity index (χ1) is 33.0. The van der Waals surface area contributed by atoms with E-state index in [4.69, 9.17) is 9.97 Å². The predicted molar refractivity (Wildman–Crippen MR) is 285 cm³/mol. The highest BCUT2D eigenvalue weighted by molar-refractivity contribution is 6.13. The fourth-order valence-corrected chi connectivity index (χ4v) is 11.4. The molecule has 0 saturated heterocycles. The van der Waals surface area contributed by atoms with Crippen LogP contribution in [0.2, 0.25) is 0 Å². The zero-order valence-electron chi connectivity index (χ0n) is 42.6. The molecular formula is C64H62N4O2. The Morgan fingerprint density at radius 1 is 0.371 bits per heavy atom. The van der Waals surface area contributed by atoms with E-state index in [0.717, 1.165) is 101 Å². The lowest BCUT2D eigenvalue weighted by Crippen LogP contribution is -2.39. The molecule has 0 radical (unpaired) electrons. The first kappa shape index (κ1) is 45.3. The molecule has 2 aliphatic heterocycles. The molecule has 2 aliphatic carbocycles. The summed E-state index contributed by atoms with van der Waals surface area (Å²) in [5.74, 6) is 1.79. The summed E-state index contributed by atoms with van der Waals surface area (Å²) in [5, 5.41) is 0. The Kier molecular flexibility index (Phi) is 9.80. The highest BCUT2D eigenvalue weighted by atomic mass is 16.1. The number of benzene rings is 5. The van der Waals surface area contributed by atoms with Crippen LogP contribution in [0.1, 0.15) is 94.2 Å². The summed E-state index contributed by atoms with van der Waals surface area (Å²) < 4.78 is 4.85. The standard InChI is InChI=1S/C64H62N4O2/c1-59(2,3)47-35-63(36-48(55(47)69)60(4,5)6)45-33-44-46(34-43(45)57-65-51(39-25-17-13-18-26-39)53(67(57)63)41-29-21-15-22-30-41)64(37-49(61(7,8)9)56(70)50(38-64)62(10,11)12)68-54(42-31-23-16-24-32-42)52(66-58(44)68)40-27-19-14-20-28-40/h13-38H,1-12H3. The maximum absolute atomic E-state index is 15.1. The predicted octanol–water partition coefficient (Wildman–Crippen LogP) is 15.3. The van der Waals surface area contributed by atoms with Crippen molar-refractivity contribution in [2.45, 2.75) is 94.2 Å². The minimum atomic E-state index is -0.983. The highest BCUT2D eigenvalue weighted by Crippen LogP contribution is 2.61. The van der Waals surface area contributed by atoms with Gasteiger partial charge < -0.3 is 9.13 Å². The first-order valence-electron chi connectivity index (χ1n) is 24.8. The summed E-state index contributed by atoms with van der Waals surface area (Å²) in [4.78, 5) is 41.7. The molecule has 4 heterocycles. The van der Waals surface area contributed by atoms with Crippen LogP contribution in [0.15, 0.2) is 180 Å². The Labute approximate surface area is 413 Å². The Balaban J connectivity index is 1.36. The van der Waals surface area contributed by atoms with Crippen LogP contribution in [0, 0.1) is 21.7 Å². The van der Waals surface area contributed by atoms with Crippen LogP contribution in [-0.2, 0) is 20.7 Å². The van der Waals surface area contributed by atoms with Gasteiger partial charge in [0.2, 0.25) is 0 Å². The van der Waals surface area contributed by atoms with Crippen molar-refractivity contribution in [1.82, 2.24) is 19.1 Å². The van der Waals surface area contributed by atoms with Crippen molar-refractivity contribution >= 4 is 11.6 Å². The molecule has 0 amide bonds. The number of hydrogen-bond donors (Lipinski definition) is 0. The molecule has 5 aromatic carbocycles. The number of aromatic nitrogens is 4. The molecule has 2 spiro atoms. The molecule has 0 fully saturated rings. The number of ketones is 2. The molecule has 350 valence electrons. The summed E-state index contributed by atoms with van der Waals surface area (Å²) in [6.07, 6.45) is 9.02. The number of imidazole rings is 2. The van der Waals surface area contributed by atoms with E-state index in [2.05, 4.69) is 238 Å². The Morgan fingerprint density at radius 3 is 0.886 bits per heavy atom. The Hall–Kier alpha value is -7.18. The van der Waals surface area contributed by atoms with Crippen LogP contribution in [0.4, 0.5) is 0 Å². The number of fused-ring (bicyclic) bond motifs is 10. The van der Waals surface area contributed by atoms with Crippen molar-refractivity contribution in [1.29, 1.82) is 0 Å². The molecule has 0 unspecified atom stereocenters. The Bertz CT molecular complexity index is 3160. The maximum atomic E-state index is 15.1. The van der Waals surface area contributed by atoms with E-state index in [1.54, 1.807) is 0 Å². The summed E-state index contributed by atoms with van der Waals surface area (Å²) >= 11 is 0. The fraction of sp³-hybridized carbons (Fsp3) is 0.281. The monoisotopic (exact) mass is 918 g/mol. The average Bonchev–Trinajstić information content (AvgIpc) is 4.04. The second-order valence-electron chi connectivity index (χ2n) is 23.9. The second kappa shape index (κ2) is 15.2. The lowest BCUT2D eigenvalue weighted by Gasteiger charge is -2.40. The van der Waals surface area contributed by atoms with E-state index in [1.165, 1.54) is 0 Å². The third-order valence-corrected chi connectivity index (χ3v) is 14.9. The van der Waals surface area contributed by atoms with Crippen molar-refractivity contribution in [3.05, 3.63) is 191 Å². The van der Waals surface area contributed by atoms with Crippen molar-refractivity contribution in [3.8, 4) is 67.8 Å². The van der Waals surface area contributed by atoms with Crippen molar-refractivity contribution in [2.24, 2.45) is 21.7 Å². The molecule has 0 bridgehead atoms. The van der Waals surface area contributed by atoms with E-state index in [-0.39, 0.29) is 11.6 Å². The van der Waals surface area contributed by atoms with Gasteiger partial charge in [0.1, 0.15) is 22.7 Å². The molecule has 0 saturated carbocycles. The normalized spacial score (nSPS) is 16.9. The number of Topliss-reactive ketones (excluding diaryl/α,β-unsaturated/α-hetero) is 2. The summed E-state index contributed by atoms with van der Waals surface area (Å²) in [6.45, 7) is 25.8. The van der Waals surface area contributed by atoms with Gasteiger partial charge in [-0.15, -0.1) is 0 Å². The molecular weight excluding hydrogens is 857 g/mol. The Morgan fingerprint density at radius 2 is 0.629 bits per heavy atom. The fourth-order valence-electron chi connectivity index (χ4n) is 11.4. The first-order valence-corrected chi connectivity index (χ1v) is 24.8. The van der Waals surface area contributed by atoms with Gasteiger partial charge >= 0.3 is 0 Å². The summed E-state index contributed by atoms with van der Waals surface area (Å²) in [5.41, 5.74) is 10.9. The lowest BCUT2D eigenvalue weighted by molar-refractivity contribution is -0.115. The molecule has 7 aromatic rings. The molecule has 6 nitrogen and oxygen atoms in total. The topological polar surface area (TPSA) is 69.8 Å². The van der Waals surface area contributed by atoms with Gasteiger partial charge in [-0.3, -0.25) is 9.59 Å². The summed E-state index contributed by atoms with van der Waals surface area (Å²) in [6, 6.07) is 46.8. The highest BCUT2D eigenvalue weighted by Gasteiger charge is 2.54. The molecule has 0 N–H and O–H groups in total. The minimum absolute atomic E-state index is 0.0764. The largest absolute Gasteiger partial charge is 0.306 e. The number of carbonyl (C=O) groups is 2. The molecule has 70 heavy (non-hydrogen) atoms. The third-order valence-electron chi connectivity index (χ3n) is 14.9. The van der Waals surface area contributed by atoms with Gasteiger partial charge in [-0.05, 0) is 69.2 Å². The molecule has 4 aliphatic rings. The maximum Gasteiger partial charge on any atom is 0.185 e. The molecule has 6 heteroatoms. The van der Waals surface area contributed by atoms with E-state index >= 15 is 9.59 Å². The molecule has 11 rings (SSSR count). The van der Waals surface area contributed by atoms with Crippen molar-refractivity contribution in [3.63, 3.8) is 0 Å². The van der Waals surface area contributed by atoms with E-state index in [0.29, 0.717) is 0 Å². The number of hydrogen-bond acceptors (Lipinski definition) is 4. The van der Waals surface area contributed by atoms with Crippen LogP contribution in [-0.4, -0.2) is 30.7 Å². The van der Waals surface area contributed by atoms with Gasteiger partial charge in [-0.25, -0.2) is 9.97 Å². The van der Waals surface area contributed by atoms with E-state index < -0.39 is 32.7 Å². The van der Waals surface area contributed by atoms with Crippen LogP contribution in [0.25, 0.3) is 67.8 Å². The van der Waals surface area contributed by atoms with Gasteiger partial charge in [0.25, 0.3) is 0 Å². The molecule has 0 atom stereocenters. The van der Waals surface area contributed by atoms with Crippen LogP contribution in [0.3, 0.4) is 0 Å². The summed E-state index contributed by atoms with van der Waals surface area (Å²) in [7, 11) is 0. The minimum Gasteiger partial charge on any atom is -0.306 e. The zero-order chi connectivity index (χ0) is 49.5. The van der Waals surface area contributed by atoms with E-state index in [9.17, 15) is 0 Å². The lowest BCUT2D eigenvalue weighted by atomic mass is 9.66. The average molecular weight is 919 g/mol. The number of allylic oxidation sites excluding steroid dienone is 8. The van der Waals surface area contributed by atoms with Gasteiger partial charge in [-0.2, -0.15) is 0 Å². The van der Waals surface area contributed by atoms with Gasteiger partial charge in [0.05, 0.1) is 22.8 Å². The van der Waals surface area contributed by atoms with Crippen LogP contribution < -0.4 is 0 Å². The van der Waals surface area contributed by atoms with E-state index in [1.807, 2.05) is 12.1 Å². The van der Waals surface area contributed by atoms with Crippen LogP contribution >= 0.6 is 0 Å². The third kappa shape index (κ3) is 6.66. The quantitative estimate of drug-likeness (QED) is 0.176. The van der Waals surface area contributed by atoms with Gasteiger partial charge in [-0.1, -0.05) is 204 Å². The zero-order valence-corrected chi connectivity index (χ0v) is 42.6. The van der Waals surface area contributed by atoms with Gasteiger partial charge in [0, 0.05) is 55.7 Å². The van der Waals surface area contributed by atoms with Crippen molar-refractivity contribution < 1.29 is 9.59 Å². The van der Waals surface area contributed by atoms with Crippen molar-refractivity contribution in [2.75, 3.05) is 0 Å². The van der Waals surface area contributed by atoms with Gasteiger partial charge in [0.15, 0.2) is 11.6 Å². The second-order valence-corrected chi connectivity index (χ2v) is 23.9.